The highest BCUT2D eigenvalue weighted by Crippen LogP contribution is 2.22. The minimum Gasteiger partial charge on any atom is -0.490 e. The summed E-state index contributed by atoms with van der Waals surface area (Å²) in [5, 5.41) is 9.10. The van der Waals surface area contributed by atoms with Gasteiger partial charge in [-0.05, 0) is 54.0 Å². The van der Waals surface area contributed by atoms with E-state index < -0.39 is 5.97 Å². The maximum Gasteiger partial charge on any atom is 0.371 e. The number of carbonyl (C=O) groups is 1. The van der Waals surface area contributed by atoms with Gasteiger partial charge in [-0.1, -0.05) is 54.6 Å². The van der Waals surface area contributed by atoms with E-state index >= 15 is 0 Å². The molecule has 30 heavy (non-hydrogen) atoms. The van der Waals surface area contributed by atoms with Gasteiger partial charge in [-0.25, -0.2) is 4.79 Å². The third kappa shape index (κ3) is 6.14. The summed E-state index contributed by atoms with van der Waals surface area (Å²) in [7, 11) is 0. The normalized spacial score (nSPS) is 11.0. The highest BCUT2D eigenvalue weighted by atomic mass is 16.5. The number of benzene rings is 3. The van der Waals surface area contributed by atoms with Crippen molar-refractivity contribution in [3.8, 4) is 22.6 Å². The largest absolute Gasteiger partial charge is 0.490 e. The molecule has 0 amide bonds. The minimum absolute atomic E-state index is 0.0853. The van der Waals surface area contributed by atoms with E-state index in [2.05, 4.69) is 12.1 Å². The lowest BCUT2D eigenvalue weighted by Crippen LogP contribution is -2.09. The molecule has 0 heterocycles. The zero-order valence-electron chi connectivity index (χ0n) is 16.8. The van der Waals surface area contributed by atoms with Gasteiger partial charge in [0.2, 0.25) is 5.76 Å². The smallest absolute Gasteiger partial charge is 0.371 e. The number of rotatable bonds is 10. The van der Waals surface area contributed by atoms with E-state index in [0.29, 0.717) is 25.6 Å². The van der Waals surface area contributed by atoms with Crippen LogP contribution in [-0.4, -0.2) is 30.9 Å². The second-order valence-corrected chi connectivity index (χ2v) is 6.40. The zero-order valence-corrected chi connectivity index (χ0v) is 16.8. The van der Waals surface area contributed by atoms with E-state index in [4.69, 9.17) is 19.3 Å². The second kappa shape index (κ2) is 10.7. The van der Waals surface area contributed by atoms with Crippen molar-refractivity contribution in [2.45, 2.75) is 6.92 Å². The molecule has 5 nitrogen and oxygen atoms in total. The van der Waals surface area contributed by atoms with Crippen LogP contribution in [0.25, 0.3) is 17.2 Å². The van der Waals surface area contributed by atoms with E-state index in [0.717, 1.165) is 16.9 Å². The predicted molar refractivity (Wildman–Crippen MR) is 117 cm³/mol. The first-order valence-corrected chi connectivity index (χ1v) is 9.74. The summed E-state index contributed by atoms with van der Waals surface area (Å²) < 4.78 is 16.5. The molecule has 0 radical (unpaired) electrons. The molecule has 3 rings (SSSR count). The van der Waals surface area contributed by atoms with Gasteiger partial charge in [-0.3, -0.25) is 0 Å². The first-order chi connectivity index (χ1) is 14.7. The molecule has 0 bridgehead atoms. The van der Waals surface area contributed by atoms with E-state index in [9.17, 15) is 4.79 Å². The van der Waals surface area contributed by atoms with Gasteiger partial charge >= 0.3 is 5.97 Å². The second-order valence-electron chi connectivity index (χ2n) is 6.40. The Morgan fingerprint density at radius 3 is 1.87 bits per heavy atom. The molecule has 0 aliphatic rings. The van der Waals surface area contributed by atoms with Crippen molar-refractivity contribution < 1.29 is 24.1 Å². The molecule has 5 heteroatoms. The van der Waals surface area contributed by atoms with E-state index in [-0.39, 0.29) is 5.76 Å². The van der Waals surface area contributed by atoms with Crippen LogP contribution in [0.4, 0.5) is 0 Å². The Labute approximate surface area is 176 Å². The molecule has 1 N–H and O–H groups in total. The summed E-state index contributed by atoms with van der Waals surface area (Å²) in [6.07, 6.45) is 1.48. The average molecular weight is 404 g/mol. The lowest BCUT2D eigenvalue weighted by Gasteiger charge is -2.09. The fourth-order valence-corrected chi connectivity index (χ4v) is 2.83. The third-order valence-corrected chi connectivity index (χ3v) is 4.27. The summed E-state index contributed by atoms with van der Waals surface area (Å²) in [6, 6.07) is 25.3. The maximum atomic E-state index is 11.1. The number of ether oxygens (including phenoxy) is 3. The summed E-state index contributed by atoms with van der Waals surface area (Å²) in [5.41, 5.74) is 3.04. The molecule has 0 aliphatic heterocycles. The van der Waals surface area contributed by atoms with Crippen LogP contribution in [0.2, 0.25) is 0 Å². The van der Waals surface area contributed by atoms with Crippen LogP contribution in [0.15, 0.2) is 84.6 Å². The number of hydrogen-bond donors (Lipinski definition) is 1. The average Bonchev–Trinajstić information content (AvgIpc) is 2.78. The molecule has 0 aromatic heterocycles. The van der Waals surface area contributed by atoms with Crippen LogP contribution in [0.1, 0.15) is 12.5 Å². The van der Waals surface area contributed by atoms with Crippen LogP contribution in [0.5, 0.6) is 11.5 Å². The van der Waals surface area contributed by atoms with Crippen molar-refractivity contribution in [2.75, 3.05) is 19.8 Å². The topological polar surface area (TPSA) is 65.0 Å². The highest BCUT2D eigenvalue weighted by molar-refractivity contribution is 5.89. The first-order valence-electron chi connectivity index (χ1n) is 9.74. The highest BCUT2D eigenvalue weighted by Gasteiger charge is 2.07. The van der Waals surface area contributed by atoms with Crippen molar-refractivity contribution in [2.24, 2.45) is 0 Å². The molecular formula is C25H24O5. The maximum absolute atomic E-state index is 11.1. The zero-order chi connectivity index (χ0) is 21.2. The molecule has 0 atom stereocenters. The molecule has 0 unspecified atom stereocenters. The SMILES string of the molecule is CCOC(=Cc1ccc(OCCOc2ccc(-c3ccccc3)cc2)cc1)C(=O)O. The molecule has 0 saturated heterocycles. The summed E-state index contributed by atoms with van der Waals surface area (Å²) in [6.45, 7) is 2.86. The molecule has 0 fully saturated rings. The summed E-state index contributed by atoms with van der Waals surface area (Å²) in [4.78, 5) is 11.1. The summed E-state index contributed by atoms with van der Waals surface area (Å²) in [5.74, 6) is 0.295. The molecular weight excluding hydrogens is 380 g/mol. The molecule has 0 spiro atoms. The third-order valence-electron chi connectivity index (χ3n) is 4.27. The van der Waals surface area contributed by atoms with Gasteiger partial charge in [0.25, 0.3) is 0 Å². The molecule has 3 aromatic rings. The van der Waals surface area contributed by atoms with Crippen LogP contribution >= 0.6 is 0 Å². The molecule has 0 saturated carbocycles. The van der Waals surface area contributed by atoms with Gasteiger partial charge in [0, 0.05) is 0 Å². The van der Waals surface area contributed by atoms with E-state index in [1.54, 1.807) is 31.2 Å². The van der Waals surface area contributed by atoms with Crippen LogP contribution in [-0.2, 0) is 9.53 Å². The van der Waals surface area contributed by atoms with Crippen molar-refractivity contribution in [1.29, 1.82) is 0 Å². The minimum atomic E-state index is -1.09. The van der Waals surface area contributed by atoms with Crippen molar-refractivity contribution in [3.05, 3.63) is 90.2 Å². The predicted octanol–water partition coefficient (Wildman–Crippen LogP) is 5.27. The van der Waals surface area contributed by atoms with E-state index in [1.165, 1.54) is 11.6 Å². The van der Waals surface area contributed by atoms with Gasteiger partial charge < -0.3 is 19.3 Å². The lowest BCUT2D eigenvalue weighted by atomic mass is 10.1. The van der Waals surface area contributed by atoms with Crippen molar-refractivity contribution in [1.82, 2.24) is 0 Å². The Kier molecular flexibility index (Phi) is 7.50. The van der Waals surface area contributed by atoms with Crippen molar-refractivity contribution >= 4 is 12.0 Å². The molecule has 154 valence electrons. The number of carboxylic acid groups (broad SMARTS) is 1. The fourth-order valence-electron chi connectivity index (χ4n) is 2.83. The Morgan fingerprint density at radius 2 is 1.33 bits per heavy atom. The number of aliphatic carboxylic acids is 1. The Hall–Kier alpha value is -3.73. The monoisotopic (exact) mass is 404 g/mol. The number of hydrogen-bond acceptors (Lipinski definition) is 4. The molecule has 0 aliphatic carbocycles. The van der Waals surface area contributed by atoms with Crippen molar-refractivity contribution in [3.63, 3.8) is 0 Å². The van der Waals surface area contributed by atoms with Gasteiger partial charge in [-0.15, -0.1) is 0 Å². The van der Waals surface area contributed by atoms with Gasteiger partial charge in [-0.2, -0.15) is 0 Å². The van der Waals surface area contributed by atoms with Crippen LogP contribution in [0, 0.1) is 0 Å². The quantitative estimate of drug-likeness (QED) is 0.283. The van der Waals surface area contributed by atoms with Gasteiger partial charge in [0.05, 0.1) is 6.61 Å². The van der Waals surface area contributed by atoms with E-state index in [1.807, 2.05) is 42.5 Å². The molecule has 3 aromatic carbocycles. The summed E-state index contributed by atoms with van der Waals surface area (Å²) >= 11 is 0. The van der Waals surface area contributed by atoms with Crippen LogP contribution < -0.4 is 9.47 Å². The fraction of sp³-hybridized carbons (Fsp3) is 0.160. The Morgan fingerprint density at radius 1 is 0.800 bits per heavy atom. The Bertz CT molecular complexity index is 961. The number of carboxylic acids is 1. The van der Waals surface area contributed by atoms with Gasteiger partial charge in [0.1, 0.15) is 24.7 Å². The van der Waals surface area contributed by atoms with Crippen LogP contribution in [0.3, 0.4) is 0 Å². The standard InChI is InChI=1S/C25H24O5/c1-2-28-24(25(26)27)18-19-8-12-22(13-9-19)29-16-17-30-23-14-10-21(11-15-23)20-6-4-3-5-7-20/h3-15,18H,2,16-17H2,1H3,(H,26,27). The lowest BCUT2D eigenvalue weighted by molar-refractivity contribution is -0.136. The first kappa shape index (κ1) is 21.0. The Balaban J connectivity index is 1.46. The van der Waals surface area contributed by atoms with Gasteiger partial charge in [0.15, 0.2) is 0 Å².